The average molecular weight is 383 g/mol. The molecule has 3 rings (SSSR count). The van der Waals surface area contributed by atoms with Gasteiger partial charge in [-0.3, -0.25) is 4.79 Å². The van der Waals surface area contributed by atoms with Gasteiger partial charge in [0.2, 0.25) is 0 Å². The van der Waals surface area contributed by atoms with Crippen LogP contribution in [-0.2, 0) is 5.75 Å². The van der Waals surface area contributed by atoms with Crippen molar-refractivity contribution in [2.75, 3.05) is 6.54 Å². The second-order valence-electron chi connectivity index (χ2n) is 6.76. The van der Waals surface area contributed by atoms with Crippen LogP contribution in [0.25, 0.3) is 5.65 Å². The smallest absolute Gasteiger partial charge is 0.251 e. The molecule has 0 radical (unpaired) electrons. The summed E-state index contributed by atoms with van der Waals surface area (Å²) in [6.45, 7) is 4.58. The number of nitrogens with zero attached hydrogens (tertiary/aromatic N) is 2. The average Bonchev–Trinajstić information content (AvgIpc) is 3.13. The third-order valence-corrected chi connectivity index (χ3v) is 5.97. The number of pyridine rings is 1. The van der Waals surface area contributed by atoms with Crippen LogP contribution in [0.1, 0.15) is 42.7 Å². The summed E-state index contributed by atoms with van der Waals surface area (Å²) in [6, 6.07) is 13.6. The van der Waals surface area contributed by atoms with Gasteiger partial charge < -0.3 is 15.5 Å². The van der Waals surface area contributed by atoms with E-state index in [2.05, 4.69) is 10.3 Å². The summed E-state index contributed by atoms with van der Waals surface area (Å²) < 4.78 is 2.02. The van der Waals surface area contributed by atoms with Crippen LogP contribution in [0.5, 0.6) is 0 Å². The van der Waals surface area contributed by atoms with Gasteiger partial charge in [-0.15, -0.1) is 11.8 Å². The van der Waals surface area contributed by atoms with Crippen LogP contribution in [0.3, 0.4) is 0 Å². The van der Waals surface area contributed by atoms with E-state index in [0.29, 0.717) is 12.1 Å². The number of imidazole rings is 1. The number of hydrogen-bond acceptors (Lipinski definition) is 4. The summed E-state index contributed by atoms with van der Waals surface area (Å²) in [4.78, 5) is 18.0. The first kappa shape index (κ1) is 19.5. The standard InChI is InChI=1S/C21H26N4OS/c1-3-21(22,4-2)15-23-20(26)16-8-10-18(11-9-16)27-14-17-13-25-12-6-5-7-19(25)24-17/h5-13H,3-4,14-15,22H2,1-2H3,(H,23,26). The SMILES string of the molecule is CCC(N)(CC)CNC(=O)c1ccc(SCc2cn3ccccc3n2)cc1. The first-order chi connectivity index (χ1) is 13.0. The Hall–Kier alpha value is -2.31. The minimum absolute atomic E-state index is 0.0800. The minimum atomic E-state index is -0.334. The van der Waals surface area contributed by atoms with E-state index in [-0.39, 0.29) is 11.4 Å². The van der Waals surface area contributed by atoms with Gasteiger partial charge in [-0.1, -0.05) is 19.9 Å². The highest BCUT2D eigenvalue weighted by molar-refractivity contribution is 7.98. The zero-order valence-corrected chi connectivity index (χ0v) is 16.6. The van der Waals surface area contributed by atoms with Crippen molar-refractivity contribution in [2.24, 2.45) is 5.73 Å². The number of carbonyl (C=O) groups excluding carboxylic acids is 1. The predicted molar refractivity (Wildman–Crippen MR) is 111 cm³/mol. The molecular formula is C21H26N4OS. The third kappa shape index (κ3) is 4.90. The summed E-state index contributed by atoms with van der Waals surface area (Å²) in [5, 5.41) is 2.95. The molecule has 27 heavy (non-hydrogen) atoms. The number of aromatic nitrogens is 2. The first-order valence-electron chi connectivity index (χ1n) is 9.25. The fourth-order valence-corrected chi connectivity index (χ4v) is 3.56. The number of benzene rings is 1. The summed E-state index contributed by atoms with van der Waals surface area (Å²) in [7, 11) is 0. The lowest BCUT2D eigenvalue weighted by atomic mass is 9.94. The number of nitrogens with two attached hydrogens (primary N) is 1. The first-order valence-corrected chi connectivity index (χ1v) is 10.2. The molecule has 5 nitrogen and oxygen atoms in total. The normalized spacial score (nSPS) is 11.7. The van der Waals surface area contributed by atoms with Crippen molar-refractivity contribution in [1.82, 2.24) is 14.7 Å². The molecule has 3 N–H and O–H groups in total. The summed E-state index contributed by atoms with van der Waals surface area (Å²) >= 11 is 1.71. The van der Waals surface area contributed by atoms with E-state index in [1.807, 2.05) is 73.1 Å². The molecule has 0 unspecified atom stereocenters. The molecule has 0 saturated heterocycles. The molecule has 0 bridgehead atoms. The van der Waals surface area contributed by atoms with E-state index in [1.54, 1.807) is 11.8 Å². The van der Waals surface area contributed by atoms with Crippen LogP contribution in [0, 0.1) is 0 Å². The topological polar surface area (TPSA) is 72.4 Å². The second-order valence-corrected chi connectivity index (χ2v) is 7.81. The van der Waals surface area contributed by atoms with E-state index in [0.717, 1.165) is 34.8 Å². The zero-order chi connectivity index (χ0) is 19.3. The van der Waals surface area contributed by atoms with Gasteiger partial charge in [-0.05, 0) is 49.2 Å². The summed E-state index contributed by atoms with van der Waals surface area (Å²) in [5.41, 5.74) is 8.55. The van der Waals surface area contributed by atoms with Gasteiger partial charge in [0.05, 0.1) is 5.69 Å². The van der Waals surface area contributed by atoms with Crippen molar-refractivity contribution in [3.63, 3.8) is 0 Å². The van der Waals surface area contributed by atoms with Crippen molar-refractivity contribution in [2.45, 2.75) is 42.9 Å². The van der Waals surface area contributed by atoms with Crippen molar-refractivity contribution in [3.8, 4) is 0 Å². The Bertz CT molecular complexity index is 867. The van der Waals surface area contributed by atoms with Gasteiger partial charge >= 0.3 is 0 Å². The van der Waals surface area contributed by atoms with Gasteiger partial charge in [0.1, 0.15) is 5.65 Å². The van der Waals surface area contributed by atoms with E-state index < -0.39 is 0 Å². The van der Waals surface area contributed by atoms with Crippen molar-refractivity contribution < 1.29 is 4.79 Å². The number of fused-ring (bicyclic) bond motifs is 1. The lowest BCUT2D eigenvalue weighted by Gasteiger charge is -2.26. The fraction of sp³-hybridized carbons (Fsp3) is 0.333. The molecule has 0 aliphatic rings. The van der Waals surface area contributed by atoms with E-state index in [1.165, 1.54) is 0 Å². The van der Waals surface area contributed by atoms with Crippen LogP contribution in [0.15, 0.2) is 59.8 Å². The van der Waals surface area contributed by atoms with Crippen LogP contribution < -0.4 is 11.1 Å². The minimum Gasteiger partial charge on any atom is -0.350 e. The van der Waals surface area contributed by atoms with Crippen molar-refractivity contribution in [1.29, 1.82) is 0 Å². The molecule has 0 aliphatic heterocycles. The molecule has 3 aromatic rings. The van der Waals surface area contributed by atoms with Crippen LogP contribution in [-0.4, -0.2) is 27.4 Å². The third-order valence-electron chi connectivity index (χ3n) is 4.93. The number of carbonyl (C=O) groups is 1. The number of rotatable bonds is 8. The Morgan fingerprint density at radius 1 is 1.19 bits per heavy atom. The molecule has 1 aromatic carbocycles. The maximum absolute atomic E-state index is 12.3. The molecule has 2 heterocycles. The molecule has 0 saturated carbocycles. The summed E-state index contributed by atoms with van der Waals surface area (Å²) in [5.74, 6) is 0.708. The highest BCUT2D eigenvalue weighted by Gasteiger charge is 2.21. The van der Waals surface area contributed by atoms with Gasteiger partial charge in [0, 0.05) is 40.7 Å². The number of amides is 1. The van der Waals surface area contributed by atoms with Gasteiger partial charge in [-0.25, -0.2) is 4.98 Å². The largest absolute Gasteiger partial charge is 0.350 e. The lowest BCUT2D eigenvalue weighted by Crippen LogP contribution is -2.49. The Balaban J connectivity index is 1.55. The maximum atomic E-state index is 12.3. The second kappa shape index (κ2) is 8.59. The number of nitrogens with one attached hydrogen (secondary N) is 1. The highest BCUT2D eigenvalue weighted by Crippen LogP contribution is 2.23. The van der Waals surface area contributed by atoms with Gasteiger partial charge in [0.25, 0.3) is 5.91 Å². The van der Waals surface area contributed by atoms with Crippen LogP contribution in [0.4, 0.5) is 0 Å². The van der Waals surface area contributed by atoms with Crippen LogP contribution in [0.2, 0.25) is 0 Å². The molecule has 0 aliphatic carbocycles. The monoisotopic (exact) mass is 382 g/mol. The van der Waals surface area contributed by atoms with Crippen LogP contribution >= 0.6 is 11.8 Å². The van der Waals surface area contributed by atoms with Gasteiger partial charge in [-0.2, -0.15) is 0 Å². The highest BCUT2D eigenvalue weighted by atomic mass is 32.2. The van der Waals surface area contributed by atoms with Gasteiger partial charge in [0.15, 0.2) is 0 Å². The van der Waals surface area contributed by atoms with Crippen molar-refractivity contribution in [3.05, 3.63) is 66.1 Å². The molecule has 0 fully saturated rings. The van der Waals surface area contributed by atoms with E-state index in [4.69, 9.17) is 5.73 Å². The summed E-state index contributed by atoms with van der Waals surface area (Å²) in [6.07, 6.45) is 5.71. The Kier molecular flexibility index (Phi) is 6.19. The molecule has 6 heteroatoms. The molecule has 2 aromatic heterocycles. The predicted octanol–water partition coefficient (Wildman–Crippen LogP) is 3.87. The zero-order valence-electron chi connectivity index (χ0n) is 15.8. The van der Waals surface area contributed by atoms with E-state index >= 15 is 0 Å². The van der Waals surface area contributed by atoms with Crippen molar-refractivity contribution >= 4 is 23.3 Å². The van der Waals surface area contributed by atoms with E-state index in [9.17, 15) is 4.79 Å². The Morgan fingerprint density at radius 2 is 1.93 bits per heavy atom. The Morgan fingerprint density at radius 3 is 2.59 bits per heavy atom. The molecular weight excluding hydrogens is 356 g/mol. The molecule has 0 atom stereocenters. The maximum Gasteiger partial charge on any atom is 0.251 e. The lowest BCUT2D eigenvalue weighted by molar-refractivity contribution is 0.0942. The quantitative estimate of drug-likeness (QED) is 0.580. The number of hydrogen-bond donors (Lipinski definition) is 2. The fourth-order valence-electron chi connectivity index (χ4n) is 2.77. The Labute approximate surface area is 164 Å². The molecule has 1 amide bonds. The molecule has 142 valence electrons. The molecule has 0 spiro atoms. The number of thioether (sulfide) groups is 1.